The number of rotatable bonds is 3. The number of allylic oxidation sites excluding steroid dienone is 5. The maximum atomic E-state index is 6.48. The van der Waals surface area contributed by atoms with Crippen LogP contribution in [0.1, 0.15) is 29.9 Å². The fourth-order valence-electron chi connectivity index (χ4n) is 5.14. The van der Waals surface area contributed by atoms with Gasteiger partial charge in [-0.05, 0) is 66.5 Å². The van der Waals surface area contributed by atoms with Crippen molar-refractivity contribution in [2.75, 3.05) is 5.32 Å². The van der Waals surface area contributed by atoms with Gasteiger partial charge in [0.1, 0.15) is 0 Å². The third kappa shape index (κ3) is 3.20. The summed E-state index contributed by atoms with van der Waals surface area (Å²) >= 11 is 14.8. The molecule has 0 saturated carbocycles. The Hall–Kier alpha value is -2.78. The number of para-hydroxylation sites is 2. The van der Waals surface area contributed by atoms with Gasteiger partial charge in [0.2, 0.25) is 0 Å². The van der Waals surface area contributed by atoms with Gasteiger partial charge in [0.05, 0.1) is 15.7 Å². The van der Waals surface area contributed by atoms with E-state index in [4.69, 9.17) is 23.2 Å². The largest absolute Gasteiger partial charge is 0.353 e. The summed E-state index contributed by atoms with van der Waals surface area (Å²) in [6.07, 6.45) is 4.67. The van der Waals surface area contributed by atoms with E-state index in [0.717, 1.165) is 11.4 Å². The van der Waals surface area contributed by atoms with Crippen molar-refractivity contribution in [1.82, 2.24) is 0 Å². The van der Waals surface area contributed by atoms with Gasteiger partial charge in [-0.25, -0.2) is 0 Å². The van der Waals surface area contributed by atoms with Crippen molar-refractivity contribution in [2.24, 2.45) is 5.92 Å². The van der Waals surface area contributed by atoms with Crippen LogP contribution in [-0.4, -0.2) is 0 Å². The van der Waals surface area contributed by atoms with Crippen molar-refractivity contribution < 1.29 is 0 Å². The molecule has 33 heavy (non-hydrogen) atoms. The molecule has 4 heteroatoms. The molecule has 0 bridgehead atoms. The van der Waals surface area contributed by atoms with Gasteiger partial charge in [-0.15, -0.1) is 11.3 Å². The molecule has 2 aliphatic carbocycles. The van der Waals surface area contributed by atoms with Crippen molar-refractivity contribution in [3.8, 4) is 0 Å². The van der Waals surface area contributed by atoms with Crippen LogP contribution in [0.2, 0.25) is 10.0 Å². The van der Waals surface area contributed by atoms with Crippen LogP contribution in [0.15, 0.2) is 84.0 Å². The van der Waals surface area contributed by atoms with Crippen LogP contribution in [0.3, 0.4) is 0 Å². The minimum atomic E-state index is 0.222. The zero-order valence-corrected chi connectivity index (χ0v) is 20.6. The van der Waals surface area contributed by atoms with Crippen LogP contribution in [0, 0.1) is 5.92 Å². The molecular weight excluding hydrogens is 465 g/mol. The number of anilines is 2. The summed E-state index contributed by atoms with van der Waals surface area (Å²) in [5.41, 5.74) is 9.79. The highest BCUT2D eigenvalue weighted by atomic mass is 35.5. The topological polar surface area (TPSA) is 12.0 Å². The van der Waals surface area contributed by atoms with Crippen molar-refractivity contribution >= 4 is 73.2 Å². The van der Waals surface area contributed by atoms with E-state index < -0.39 is 0 Å². The summed E-state index contributed by atoms with van der Waals surface area (Å²) in [5, 5.41) is 6.09. The molecular formula is C29H21Cl2NS. The number of halogens is 2. The molecule has 0 fully saturated rings. The van der Waals surface area contributed by atoms with Crippen molar-refractivity contribution in [1.29, 1.82) is 0 Å². The Morgan fingerprint density at radius 1 is 0.788 bits per heavy atom. The number of benzene rings is 3. The lowest BCUT2D eigenvalue weighted by Crippen LogP contribution is -2.06. The molecule has 6 rings (SSSR count). The average molecular weight is 486 g/mol. The number of fused-ring (bicyclic) bond motifs is 5. The molecule has 3 aromatic carbocycles. The molecule has 0 saturated heterocycles. The highest BCUT2D eigenvalue weighted by molar-refractivity contribution is 7.20. The van der Waals surface area contributed by atoms with E-state index in [0.29, 0.717) is 10.0 Å². The molecule has 1 heterocycles. The molecule has 0 amide bonds. The van der Waals surface area contributed by atoms with Gasteiger partial charge in [-0.3, -0.25) is 0 Å². The molecule has 162 valence electrons. The first kappa shape index (κ1) is 20.8. The molecule has 2 aliphatic rings. The van der Waals surface area contributed by atoms with Crippen molar-refractivity contribution in [2.45, 2.75) is 13.8 Å². The second kappa shape index (κ2) is 7.92. The van der Waals surface area contributed by atoms with Gasteiger partial charge in [-0.1, -0.05) is 71.7 Å². The van der Waals surface area contributed by atoms with Gasteiger partial charge >= 0.3 is 0 Å². The van der Waals surface area contributed by atoms with Crippen LogP contribution >= 0.6 is 34.5 Å². The SMILES string of the molecule is CC1=C(c2ccccc2Nc2c(Cl)cccc2Cl)C2C=Cc3sc4ccccc4c3C2=C1C. The summed E-state index contributed by atoms with van der Waals surface area (Å²) in [6, 6.07) is 22.7. The van der Waals surface area contributed by atoms with Gasteiger partial charge in [0, 0.05) is 37.7 Å². The minimum Gasteiger partial charge on any atom is -0.353 e. The van der Waals surface area contributed by atoms with Crippen molar-refractivity contribution in [3.05, 3.63) is 110 Å². The third-order valence-corrected chi connectivity index (χ3v) is 8.53. The van der Waals surface area contributed by atoms with Gasteiger partial charge in [0.15, 0.2) is 0 Å². The number of hydrogen-bond acceptors (Lipinski definition) is 2. The van der Waals surface area contributed by atoms with Gasteiger partial charge < -0.3 is 5.32 Å². The maximum Gasteiger partial charge on any atom is 0.0763 e. The minimum absolute atomic E-state index is 0.222. The van der Waals surface area contributed by atoms with Crippen LogP contribution in [-0.2, 0) is 0 Å². The van der Waals surface area contributed by atoms with E-state index in [-0.39, 0.29) is 5.92 Å². The highest BCUT2D eigenvalue weighted by Crippen LogP contribution is 2.55. The normalized spacial score (nSPS) is 17.0. The van der Waals surface area contributed by atoms with Gasteiger partial charge in [-0.2, -0.15) is 0 Å². The zero-order valence-electron chi connectivity index (χ0n) is 18.2. The number of nitrogens with one attached hydrogen (secondary N) is 1. The first-order chi connectivity index (χ1) is 16.0. The standard InChI is InChI=1S/C29H21Cl2NS/c1-16-17(2)27-20(14-15-25-28(27)19-9-4-6-13-24(19)33-25)26(16)18-8-3-5-12-23(18)32-29-21(30)10-7-11-22(29)31/h3-15,20,32H,1-2H3. The predicted octanol–water partition coefficient (Wildman–Crippen LogP) is 9.86. The van der Waals surface area contributed by atoms with Crippen LogP contribution in [0.4, 0.5) is 11.4 Å². The van der Waals surface area contributed by atoms with Gasteiger partial charge in [0.25, 0.3) is 0 Å². The summed E-state index contributed by atoms with van der Waals surface area (Å²) in [4.78, 5) is 1.35. The summed E-state index contributed by atoms with van der Waals surface area (Å²) in [5.74, 6) is 0.222. The van der Waals surface area contributed by atoms with E-state index in [1.807, 2.05) is 35.6 Å². The monoisotopic (exact) mass is 485 g/mol. The van der Waals surface area contributed by atoms with E-state index in [1.165, 1.54) is 48.4 Å². The van der Waals surface area contributed by atoms with E-state index in [2.05, 4.69) is 73.8 Å². The molecule has 0 spiro atoms. The Labute approximate surface area is 207 Å². The van der Waals surface area contributed by atoms with Crippen molar-refractivity contribution in [3.63, 3.8) is 0 Å². The summed E-state index contributed by atoms with van der Waals surface area (Å²) < 4.78 is 1.34. The predicted molar refractivity (Wildman–Crippen MR) is 146 cm³/mol. The first-order valence-corrected chi connectivity index (χ1v) is 12.5. The van der Waals surface area contributed by atoms with Crippen LogP contribution < -0.4 is 5.32 Å². The smallest absolute Gasteiger partial charge is 0.0763 e. The third-order valence-electron chi connectivity index (χ3n) is 6.76. The Kier molecular flexibility index (Phi) is 4.99. The lowest BCUT2D eigenvalue weighted by Gasteiger charge is -2.23. The van der Waals surface area contributed by atoms with Crippen LogP contribution in [0.25, 0.3) is 27.3 Å². The fourth-order valence-corrected chi connectivity index (χ4v) is 6.77. The van der Waals surface area contributed by atoms with E-state index in [9.17, 15) is 0 Å². The lowest BCUT2D eigenvalue weighted by molar-refractivity contribution is 1.13. The highest BCUT2D eigenvalue weighted by Gasteiger charge is 2.35. The quantitative estimate of drug-likeness (QED) is 0.304. The van der Waals surface area contributed by atoms with E-state index >= 15 is 0 Å². The zero-order chi connectivity index (χ0) is 22.7. The molecule has 1 N–H and O–H groups in total. The Morgan fingerprint density at radius 2 is 1.48 bits per heavy atom. The second-order valence-corrected chi connectivity index (χ2v) is 10.4. The molecule has 0 aliphatic heterocycles. The second-order valence-electron chi connectivity index (χ2n) is 8.52. The molecule has 1 unspecified atom stereocenters. The summed E-state index contributed by atoms with van der Waals surface area (Å²) in [6.45, 7) is 4.51. The summed E-state index contributed by atoms with van der Waals surface area (Å²) in [7, 11) is 0. The molecule has 4 aromatic rings. The first-order valence-electron chi connectivity index (χ1n) is 11.0. The Balaban J connectivity index is 1.49. The van der Waals surface area contributed by atoms with E-state index in [1.54, 1.807) is 0 Å². The maximum absolute atomic E-state index is 6.48. The lowest BCUT2D eigenvalue weighted by atomic mass is 9.82. The Bertz CT molecular complexity index is 1520. The average Bonchev–Trinajstić information content (AvgIpc) is 3.32. The number of thiophene rings is 1. The molecule has 0 radical (unpaired) electrons. The Morgan fingerprint density at radius 3 is 2.30 bits per heavy atom. The molecule has 1 nitrogen and oxygen atoms in total. The number of hydrogen-bond donors (Lipinski definition) is 1. The van der Waals surface area contributed by atoms with Crippen LogP contribution in [0.5, 0.6) is 0 Å². The molecule has 1 atom stereocenters. The fraction of sp³-hybridized carbons (Fsp3) is 0.103. The molecule has 1 aromatic heterocycles.